The van der Waals surface area contributed by atoms with Crippen LogP contribution < -0.4 is 0 Å². The molecular formula is C10H19Cl2NOSi. The summed E-state index contributed by atoms with van der Waals surface area (Å²) in [6.45, 7) is 0.634. The highest BCUT2D eigenvalue weighted by Gasteiger charge is 2.00. The fourth-order valence-corrected chi connectivity index (χ4v) is 2.94. The van der Waals surface area contributed by atoms with E-state index in [-0.39, 0.29) is 0 Å². The molecule has 0 radical (unpaired) electrons. The van der Waals surface area contributed by atoms with Crippen LogP contribution >= 0.6 is 22.2 Å². The van der Waals surface area contributed by atoms with Crippen molar-refractivity contribution in [2.75, 3.05) is 6.54 Å². The number of nitrogens with zero attached hydrogens (tertiary/aromatic N) is 1. The van der Waals surface area contributed by atoms with E-state index in [4.69, 9.17) is 22.2 Å². The first-order valence-corrected chi connectivity index (χ1v) is 9.90. The van der Waals surface area contributed by atoms with Gasteiger partial charge in [-0.3, -0.25) is 0 Å². The highest BCUT2D eigenvalue weighted by Crippen LogP contribution is 2.12. The standard InChI is InChI=1S/C10H19Cl2NOSi/c11-15(12)9-7-5-3-1-2-4-6-8-13-10-14/h15H,1-9H2. The van der Waals surface area contributed by atoms with Crippen LogP contribution in [0.25, 0.3) is 0 Å². The highest BCUT2D eigenvalue weighted by molar-refractivity contribution is 7.33. The predicted molar refractivity (Wildman–Crippen MR) is 69.0 cm³/mol. The fourth-order valence-electron chi connectivity index (χ4n) is 1.42. The lowest BCUT2D eigenvalue weighted by atomic mass is 10.1. The van der Waals surface area contributed by atoms with Crippen molar-refractivity contribution in [3.05, 3.63) is 0 Å². The lowest BCUT2D eigenvalue weighted by molar-refractivity contribution is 0.559. The minimum Gasteiger partial charge on any atom is -0.211 e. The van der Waals surface area contributed by atoms with Crippen molar-refractivity contribution in [2.24, 2.45) is 4.99 Å². The summed E-state index contributed by atoms with van der Waals surface area (Å²) in [7, 11) is -1.35. The third-order valence-electron chi connectivity index (χ3n) is 2.26. The second kappa shape index (κ2) is 12.2. The molecule has 88 valence electrons. The van der Waals surface area contributed by atoms with E-state index in [2.05, 4.69) is 4.99 Å². The lowest BCUT2D eigenvalue weighted by Crippen LogP contribution is -1.91. The monoisotopic (exact) mass is 267 g/mol. The van der Waals surface area contributed by atoms with Crippen molar-refractivity contribution in [3.8, 4) is 0 Å². The molecule has 2 nitrogen and oxygen atoms in total. The van der Waals surface area contributed by atoms with E-state index >= 15 is 0 Å². The van der Waals surface area contributed by atoms with Crippen molar-refractivity contribution < 1.29 is 4.79 Å². The molecule has 15 heavy (non-hydrogen) atoms. The summed E-state index contributed by atoms with van der Waals surface area (Å²) in [5.74, 6) is 0. The third kappa shape index (κ3) is 14.2. The van der Waals surface area contributed by atoms with Gasteiger partial charge in [-0.2, -0.15) is 22.2 Å². The van der Waals surface area contributed by atoms with Gasteiger partial charge in [0.15, 0.2) is 0 Å². The van der Waals surface area contributed by atoms with Crippen molar-refractivity contribution in [3.63, 3.8) is 0 Å². The maximum absolute atomic E-state index is 9.76. The summed E-state index contributed by atoms with van der Waals surface area (Å²) in [6, 6.07) is 1.04. The normalized spacial score (nSPS) is 10.3. The Kier molecular flexibility index (Phi) is 12.4. The molecule has 0 aliphatic heterocycles. The van der Waals surface area contributed by atoms with Crippen molar-refractivity contribution in [1.82, 2.24) is 0 Å². The number of halogens is 2. The van der Waals surface area contributed by atoms with Crippen LogP contribution in [0.4, 0.5) is 0 Å². The van der Waals surface area contributed by atoms with Gasteiger partial charge in [-0.05, 0) is 12.5 Å². The Balaban J connectivity index is 2.95. The predicted octanol–water partition coefficient (Wildman–Crippen LogP) is 3.75. The van der Waals surface area contributed by atoms with Gasteiger partial charge in [0, 0.05) is 0 Å². The van der Waals surface area contributed by atoms with Crippen LogP contribution in [0.1, 0.15) is 44.9 Å². The number of isocyanates is 1. The zero-order chi connectivity index (χ0) is 11.4. The number of aliphatic imine (C=N–C) groups is 1. The molecule has 0 aromatic carbocycles. The Labute approximate surface area is 103 Å². The first-order chi connectivity index (χ1) is 7.27. The van der Waals surface area contributed by atoms with E-state index in [0.717, 1.165) is 18.9 Å². The molecule has 5 heteroatoms. The number of carbonyl (C=O) groups excluding carboxylic acids is 1. The Morgan fingerprint density at radius 3 is 2.00 bits per heavy atom. The maximum Gasteiger partial charge on any atom is 0.237 e. The Bertz CT molecular complexity index is 184. The highest BCUT2D eigenvalue weighted by atomic mass is 35.7. The summed E-state index contributed by atoms with van der Waals surface area (Å²) in [5, 5.41) is 0. The number of hydrogen-bond donors (Lipinski definition) is 0. The van der Waals surface area contributed by atoms with Crippen LogP contribution in [0.15, 0.2) is 4.99 Å². The second-order valence-electron chi connectivity index (χ2n) is 3.63. The van der Waals surface area contributed by atoms with Gasteiger partial charge in [0.05, 0.1) is 6.54 Å². The molecule has 0 saturated carbocycles. The zero-order valence-corrected chi connectivity index (χ0v) is 11.7. The van der Waals surface area contributed by atoms with Crippen molar-refractivity contribution in [1.29, 1.82) is 0 Å². The largest absolute Gasteiger partial charge is 0.237 e. The van der Waals surface area contributed by atoms with Crippen molar-refractivity contribution >= 4 is 35.7 Å². The number of hydrogen-bond acceptors (Lipinski definition) is 2. The molecule has 0 N–H and O–H groups in total. The topological polar surface area (TPSA) is 29.4 Å². The average Bonchev–Trinajstić information content (AvgIpc) is 2.20. The molecule has 0 unspecified atom stereocenters. The SMILES string of the molecule is O=C=NCCCCCCCCC[SiH](Cl)Cl. The lowest BCUT2D eigenvalue weighted by Gasteiger charge is -2.01. The molecule has 0 rings (SSSR count). The first-order valence-electron chi connectivity index (χ1n) is 5.59. The van der Waals surface area contributed by atoms with E-state index in [1.165, 1.54) is 32.1 Å². The van der Waals surface area contributed by atoms with Gasteiger partial charge in [0.25, 0.3) is 0 Å². The van der Waals surface area contributed by atoms with Gasteiger partial charge < -0.3 is 0 Å². The van der Waals surface area contributed by atoms with Crippen LogP contribution in [0.2, 0.25) is 6.04 Å². The van der Waals surface area contributed by atoms with E-state index in [0.29, 0.717) is 6.54 Å². The van der Waals surface area contributed by atoms with Crippen LogP contribution in [0.5, 0.6) is 0 Å². The van der Waals surface area contributed by atoms with Gasteiger partial charge in [-0.15, -0.1) is 0 Å². The van der Waals surface area contributed by atoms with Crippen LogP contribution in [0.3, 0.4) is 0 Å². The van der Waals surface area contributed by atoms with Gasteiger partial charge >= 0.3 is 0 Å². The smallest absolute Gasteiger partial charge is 0.211 e. The summed E-state index contributed by atoms with van der Waals surface area (Å²) in [5.41, 5.74) is 0. The van der Waals surface area contributed by atoms with Gasteiger partial charge in [-0.25, -0.2) is 9.79 Å². The van der Waals surface area contributed by atoms with Crippen LogP contribution in [0, 0.1) is 0 Å². The summed E-state index contributed by atoms with van der Waals surface area (Å²) in [4.78, 5) is 13.3. The van der Waals surface area contributed by atoms with E-state index < -0.39 is 7.42 Å². The van der Waals surface area contributed by atoms with Crippen LogP contribution in [-0.2, 0) is 4.79 Å². The molecule has 0 aromatic rings. The summed E-state index contributed by atoms with van der Waals surface area (Å²) in [6.07, 6.45) is 9.91. The summed E-state index contributed by atoms with van der Waals surface area (Å²) < 4.78 is 0. The molecule has 0 aliphatic rings. The third-order valence-corrected chi connectivity index (χ3v) is 4.41. The molecule has 0 fully saturated rings. The van der Waals surface area contributed by atoms with Gasteiger partial charge in [0.2, 0.25) is 13.5 Å². The van der Waals surface area contributed by atoms with Gasteiger partial charge in [-0.1, -0.05) is 38.5 Å². The zero-order valence-electron chi connectivity index (χ0n) is 9.05. The number of rotatable bonds is 10. The molecule has 0 aromatic heterocycles. The average molecular weight is 268 g/mol. The van der Waals surface area contributed by atoms with Crippen molar-refractivity contribution in [2.45, 2.75) is 51.0 Å². The Hall–Kier alpha value is 0.177. The molecule has 0 amide bonds. The molecule has 0 atom stereocenters. The molecule has 0 saturated heterocycles. The van der Waals surface area contributed by atoms with E-state index in [1.54, 1.807) is 6.08 Å². The first kappa shape index (κ1) is 15.2. The molecule has 0 spiro atoms. The van der Waals surface area contributed by atoms with E-state index in [9.17, 15) is 4.79 Å². The molecule has 0 heterocycles. The number of unbranched alkanes of at least 4 members (excludes halogenated alkanes) is 6. The Morgan fingerprint density at radius 2 is 1.47 bits per heavy atom. The maximum atomic E-state index is 9.76. The summed E-state index contributed by atoms with van der Waals surface area (Å²) >= 11 is 11.5. The van der Waals surface area contributed by atoms with E-state index in [1.807, 2.05) is 0 Å². The molecule has 0 bridgehead atoms. The Morgan fingerprint density at radius 1 is 0.933 bits per heavy atom. The minimum absolute atomic E-state index is 0.634. The fraction of sp³-hybridized carbons (Fsp3) is 0.900. The van der Waals surface area contributed by atoms with Gasteiger partial charge in [0.1, 0.15) is 0 Å². The van der Waals surface area contributed by atoms with Crippen LogP contribution in [-0.4, -0.2) is 20.0 Å². The quantitative estimate of drug-likeness (QED) is 0.195. The second-order valence-corrected chi connectivity index (χ2v) is 8.82. The molecular weight excluding hydrogens is 249 g/mol. The molecule has 0 aliphatic carbocycles. The minimum atomic E-state index is -1.35.